The van der Waals surface area contributed by atoms with Crippen LogP contribution in [-0.4, -0.2) is 25.4 Å². The minimum Gasteiger partial charge on any atom is -0.496 e. The highest BCUT2D eigenvalue weighted by Gasteiger charge is 2.24. The van der Waals surface area contributed by atoms with E-state index in [0.29, 0.717) is 11.5 Å². The minimum atomic E-state index is -0.634. The van der Waals surface area contributed by atoms with Gasteiger partial charge < -0.3 is 20.3 Å². The van der Waals surface area contributed by atoms with Crippen LogP contribution in [0.15, 0.2) is 16.6 Å². The molecule has 0 heterocycles. The molecule has 0 saturated carbocycles. The topological polar surface area (TPSA) is 64.7 Å². The van der Waals surface area contributed by atoms with Crippen LogP contribution in [0.3, 0.4) is 0 Å². The van der Waals surface area contributed by atoms with Crippen LogP contribution in [0.25, 0.3) is 0 Å². The molecule has 0 unspecified atom stereocenters. The van der Waals surface area contributed by atoms with Crippen molar-refractivity contribution in [1.29, 1.82) is 0 Å². The molecular formula is C13H21BrClNO3. The van der Waals surface area contributed by atoms with E-state index in [1.165, 1.54) is 0 Å². The van der Waals surface area contributed by atoms with Gasteiger partial charge in [0.2, 0.25) is 0 Å². The first-order valence-corrected chi connectivity index (χ1v) is 6.56. The molecular weight excluding hydrogens is 334 g/mol. The van der Waals surface area contributed by atoms with Gasteiger partial charge >= 0.3 is 0 Å². The Morgan fingerprint density at radius 3 is 2.11 bits per heavy atom. The summed E-state index contributed by atoms with van der Waals surface area (Å²) in [5.41, 5.74) is 6.82. The summed E-state index contributed by atoms with van der Waals surface area (Å²) in [6, 6.07) is 3.07. The molecule has 19 heavy (non-hydrogen) atoms. The molecule has 1 rings (SSSR count). The second-order valence-electron chi connectivity index (χ2n) is 4.49. The van der Waals surface area contributed by atoms with E-state index in [4.69, 9.17) is 15.2 Å². The highest BCUT2D eigenvalue weighted by Crippen LogP contribution is 2.36. The molecule has 0 spiro atoms. The maximum Gasteiger partial charge on any atom is 0.133 e. The van der Waals surface area contributed by atoms with Crippen molar-refractivity contribution >= 4 is 28.3 Å². The number of hydrogen-bond donors (Lipinski definition) is 2. The Morgan fingerprint density at radius 1 is 1.16 bits per heavy atom. The predicted molar refractivity (Wildman–Crippen MR) is 82.3 cm³/mol. The van der Waals surface area contributed by atoms with Gasteiger partial charge in [0, 0.05) is 5.56 Å². The number of aliphatic hydroxyl groups is 1. The maximum atomic E-state index is 10.1. The molecule has 0 saturated heterocycles. The Bertz CT molecular complexity index is 415. The molecule has 0 fully saturated rings. The fourth-order valence-corrected chi connectivity index (χ4v) is 2.23. The van der Waals surface area contributed by atoms with Crippen molar-refractivity contribution in [2.24, 2.45) is 11.7 Å². The molecule has 0 aliphatic heterocycles. The third-order valence-electron chi connectivity index (χ3n) is 2.91. The summed E-state index contributed by atoms with van der Waals surface area (Å²) in [4.78, 5) is 0. The molecule has 0 amide bonds. The zero-order valence-corrected chi connectivity index (χ0v) is 13.9. The molecule has 0 aliphatic carbocycles. The van der Waals surface area contributed by atoms with E-state index in [1.807, 2.05) is 13.8 Å². The highest BCUT2D eigenvalue weighted by molar-refractivity contribution is 9.10. The van der Waals surface area contributed by atoms with Gasteiger partial charge in [-0.1, -0.05) is 13.8 Å². The first-order valence-electron chi connectivity index (χ1n) is 5.77. The third kappa shape index (κ3) is 4.24. The molecule has 4 nitrogen and oxygen atoms in total. The van der Waals surface area contributed by atoms with Crippen LogP contribution >= 0.6 is 28.3 Å². The number of aliphatic hydroxyl groups excluding tert-OH is 1. The maximum absolute atomic E-state index is 10.1. The van der Waals surface area contributed by atoms with Gasteiger partial charge in [0.15, 0.2) is 0 Å². The van der Waals surface area contributed by atoms with Crippen LogP contribution in [0.2, 0.25) is 0 Å². The van der Waals surface area contributed by atoms with Gasteiger partial charge in [0.25, 0.3) is 0 Å². The SMILES string of the molecule is COc1cc([C@@H](N)[C@@H](O)C(C)C)c(OC)cc1Br.Cl. The molecule has 0 bridgehead atoms. The average molecular weight is 355 g/mol. The lowest BCUT2D eigenvalue weighted by atomic mass is 9.93. The molecule has 3 N–H and O–H groups in total. The summed E-state index contributed by atoms with van der Waals surface area (Å²) in [6.07, 6.45) is -0.634. The third-order valence-corrected chi connectivity index (χ3v) is 3.53. The Balaban J connectivity index is 0.00000324. The quantitative estimate of drug-likeness (QED) is 0.853. The standard InChI is InChI=1S/C13H20BrNO3.ClH/c1-7(2)13(16)12(15)8-5-11(18-4)9(14)6-10(8)17-3;/h5-7,12-13,16H,15H2,1-4H3;1H/t12-,13+;/m1./s1. The molecule has 110 valence electrons. The fraction of sp³-hybridized carbons (Fsp3) is 0.538. The van der Waals surface area contributed by atoms with E-state index in [-0.39, 0.29) is 18.3 Å². The predicted octanol–water partition coefficient (Wildman–Crippen LogP) is 2.90. The van der Waals surface area contributed by atoms with Crippen LogP contribution in [0.5, 0.6) is 11.5 Å². The Labute approximate surface area is 128 Å². The lowest BCUT2D eigenvalue weighted by molar-refractivity contribution is 0.0968. The summed E-state index contributed by atoms with van der Waals surface area (Å²) in [5, 5.41) is 10.1. The number of hydrogen-bond acceptors (Lipinski definition) is 4. The molecule has 1 aromatic carbocycles. The van der Waals surface area contributed by atoms with Gasteiger partial charge in [-0.3, -0.25) is 0 Å². The number of ether oxygens (including phenoxy) is 2. The summed E-state index contributed by atoms with van der Waals surface area (Å²) >= 11 is 3.39. The second kappa shape index (κ2) is 7.94. The molecule has 6 heteroatoms. The van der Waals surface area contributed by atoms with Crippen molar-refractivity contribution in [2.45, 2.75) is 26.0 Å². The Morgan fingerprint density at radius 2 is 1.68 bits per heavy atom. The van der Waals surface area contributed by atoms with Gasteiger partial charge in [0.1, 0.15) is 11.5 Å². The van der Waals surface area contributed by atoms with Crippen molar-refractivity contribution < 1.29 is 14.6 Å². The summed E-state index contributed by atoms with van der Waals surface area (Å²) in [7, 11) is 3.16. The number of methoxy groups -OCH3 is 2. The van der Waals surface area contributed by atoms with Crippen molar-refractivity contribution in [1.82, 2.24) is 0 Å². The first kappa shape index (κ1) is 18.5. The van der Waals surface area contributed by atoms with Crippen LogP contribution in [0.4, 0.5) is 0 Å². The zero-order chi connectivity index (χ0) is 13.9. The zero-order valence-electron chi connectivity index (χ0n) is 11.5. The van der Waals surface area contributed by atoms with E-state index in [2.05, 4.69) is 15.9 Å². The van der Waals surface area contributed by atoms with E-state index in [9.17, 15) is 5.11 Å². The first-order chi connectivity index (χ1) is 8.42. The van der Waals surface area contributed by atoms with E-state index >= 15 is 0 Å². The monoisotopic (exact) mass is 353 g/mol. The van der Waals surface area contributed by atoms with Crippen molar-refractivity contribution in [3.8, 4) is 11.5 Å². The molecule has 0 aliphatic rings. The van der Waals surface area contributed by atoms with Crippen LogP contribution in [0.1, 0.15) is 25.5 Å². The number of nitrogens with two attached hydrogens (primary N) is 1. The van der Waals surface area contributed by atoms with Crippen LogP contribution in [0, 0.1) is 5.92 Å². The number of benzene rings is 1. The number of rotatable bonds is 5. The summed E-state index contributed by atoms with van der Waals surface area (Å²) in [6.45, 7) is 3.85. The normalized spacial score (nSPS) is 13.7. The smallest absolute Gasteiger partial charge is 0.133 e. The van der Waals surface area contributed by atoms with Gasteiger partial charge in [-0.15, -0.1) is 12.4 Å². The van der Waals surface area contributed by atoms with Crippen molar-refractivity contribution in [2.75, 3.05) is 14.2 Å². The summed E-state index contributed by atoms with van der Waals surface area (Å²) < 4.78 is 11.3. The fourth-order valence-electron chi connectivity index (χ4n) is 1.74. The van der Waals surface area contributed by atoms with E-state index in [1.54, 1.807) is 26.4 Å². The average Bonchev–Trinajstić information content (AvgIpc) is 2.36. The Kier molecular flexibility index (Phi) is 7.74. The molecule has 1 aromatic rings. The van der Waals surface area contributed by atoms with Gasteiger partial charge in [0.05, 0.1) is 30.8 Å². The lowest BCUT2D eigenvalue weighted by Gasteiger charge is -2.24. The largest absolute Gasteiger partial charge is 0.496 e. The molecule has 0 aromatic heterocycles. The van der Waals surface area contributed by atoms with Crippen molar-refractivity contribution in [3.05, 3.63) is 22.2 Å². The number of halogens is 2. The van der Waals surface area contributed by atoms with Crippen LogP contribution < -0.4 is 15.2 Å². The Hall–Kier alpha value is -0.490. The second-order valence-corrected chi connectivity index (χ2v) is 5.34. The van der Waals surface area contributed by atoms with Gasteiger partial charge in [-0.25, -0.2) is 0 Å². The van der Waals surface area contributed by atoms with Crippen LogP contribution in [-0.2, 0) is 0 Å². The molecule has 0 radical (unpaired) electrons. The van der Waals surface area contributed by atoms with Gasteiger partial charge in [-0.2, -0.15) is 0 Å². The van der Waals surface area contributed by atoms with Crippen molar-refractivity contribution in [3.63, 3.8) is 0 Å². The summed E-state index contributed by atoms with van der Waals surface area (Å²) in [5.74, 6) is 1.37. The van der Waals surface area contributed by atoms with Gasteiger partial charge in [-0.05, 0) is 34.0 Å². The highest BCUT2D eigenvalue weighted by atomic mass is 79.9. The molecule has 2 atom stereocenters. The van der Waals surface area contributed by atoms with E-state index in [0.717, 1.165) is 10.0 Å². The van der Waals surface area contributed by atoms with E-state index < -0.39 is 12.1 Å². The minimum absolute atomic E-state index is 0. The lowest BCUT2D eigenvalue weighted by Crippen LogP contribution is -2.30.